The zero-order valence-electron chi connectivity index (χ0n) is 11.1. The molecule has 2 heterocycles. The number of nitrogens with zero attached hydrogens (tertiary/aromatic N) is 2. The van der Waals surface area contributed by atoms with Gasteiger partial charge in [0, 0.05) is 49.9 Å². The molecule has 4 heteroatoms. The summed E-state index contributed by atoms with van der Waals surface area (Å²) in [4.78, 5) is 7.28. The van der Waals surface area contributed by atoms with Crippen LogP contribution in [0.2, 0.25) is 0 Å². The van der Waals surface area contributed by atoms with Gasteiger partial charge in [-0.15, -0.1) is 11.3 Å². The van der Waals surface area contributed by atoms with Gasteiger partial charge in [0.25, 0.3) is 0 Å². The second-order valence-corrected chi connectivity index (χ2v) is 6.06. The van der Waals surface area contributed by atoms with E-state index in [2.05, 4.69) is 36.4 Å². The van der Waals surface area contributed by atoms with Crippen molar-refractivity contribution in [2.45, 2.75) is 39.2 Å². The van der Waals surface area contributed by atoms with Crippen LogP contribution in [-0.2, 0) is 6.42 Å². The molecular weight excluding hydrogens is 230 g/mol. The molecule has 1 unspecified atom stereocenters. The molecule has 1 N–H and O–H groups in total. The number of thiazole rings is 1. The summed E-state index contributed by atoms with van der Waals surface area (Å²) < 4.78 is 0. The van der Waals surface area contributed by atoms with Crippen LogP contribution in [0.5, 0.6) is 0 Å². The van der Waals surface area contributed by atoms with E-state index in [-0.39, 0.29) is 0 Å². The Hall–Kier alpha value is -0.450. The lowest BCUT2D eigenvalue weighted by atomic mass is 10.1. The molecule has 17 heavy (non-hydrogen) atoms. The van der Waals surface area contributed by atoms with Crippen LogP contribution in [0.15, 0.2) is 5.38 Å². The summed E-state index contributed by atoms with van der Waals surface area (Å²) in [6.07, 6.45) is 1.09. The quantitative estimate of drug-likeness (QED) is 0.891. The molecule has 1 fully saturated rings. The third kappa shape index (κ3) is 3.50. The summed E-state index contributed by atoms with van der Waals surface area (Å²) in [5.41, 5.74) is 1.27. The molecule has 0 saturated carbocycles. The molecule has 3 nitrogen and oxygen atoms in total. The third-order valence-corrected chi connectivity index (χ3v) is 4.54. The topological polar surface area (TPSA) is 28.2 Å². The standard InChI is InChI=1S/C13H23N3S/c1-10(2)13-15-12(9-17-13)8-11(3)16-6-4-14-5-7-16/h9-11,14H,4-8H2,1-3H3. The second kappa shape index (κ2) is 5.94. The number of nitrogens with one attached hydrogen (secondary N) is 1. The highest BCUT2D eigenvalue weighted by Gasteiger charge is 2.17. The van der Waals surface area contributed by atoms with Crippen LogP contribution in [-0.4, -0.2) is 42.1 Å². The van der Waals surface area contributed by atoms with Gasteiger partial charge in [-0.3, -0.25) is 4.90 Å². The number of rotatable bonds is 4. The molecule has 1 saturated heterocycles. The molecule has 2 rings (SSSR count). The second-order valence-electron chi connectivity index (χ2n) is 5.17. The minimum Gasteiger partial charge on any atom is -0.314 e. The van der Waals surface area contributed by atoms with Crippen molar-refractivity contribution in [3.8, 4) is 0 Å². The summed E-state index contributed by atoms with van der Waals surface area (Å²) in [6, 6.07) is 0.610. The van der Waals surface area contributed by atoms with E-state index in [0.29, 0.717) is 12.0 Å². The molecule has 1 aromatic rings. The predicted octanol–water partition coefficient (Wildman–Crippen LogP) is 2.10. The molecule has 1 aliphatic heterocycles. The van der Waals surface area contributed by atoms with E-state index >= 15 is 0 Å². The molecule has 96 valence electrons. The van der Waals surface area contributed by atoms with Gasteiger partial charge < -0.3 is 5.32 Å². The largest absolute Gasteiger partial charge is 0.314 e. The van der Waals surface area contributed by atoms with Crippen molar-refractivity contribution in [1.29, 1.82) is 0 Å². The normalized spacial score (nSPS) is 19.8. The van der Waals surface area contributed by atoms with E-state index in [1.807, 2.05) is 0 Å². The monoisotopic (exact) mass is 253 g/mol. The Morgan fingerprint density at radius 1 is 1.35 bits per heavy atom. The number of aromatic nitrogens is 1. The molecule has 1 aliphatic rings. The van der Waals surface area contributed by atoms with E-state index in [0.717, 1.165) is 19.5 Å². The van der Waals surface area contributed by atoms with Gasteiger partial charge in [-0.25, -0.2) is 4.98 Å². The molecule has 0 aliphatic carbocycles. The average molecular weight is 253 g/mol. The van der Waals surface area contributed by atoms with Crippen LogP contribution in [0.25, 0.3) is 0 Å². The van der Waals surface area contributed by atoms with Gasteiger partial charge in [0.2, 0.25) is 0 Å². The molecule has 1 atom stereocenters. The Bertz CT molecular complexity index is 342. The Morgan fingerprint density at radius 3 is 2.65 bits per heavy atom. The van der Waals surface area contributed by atoms with Gasteiger partial charge in [0.1, 0.15) is 0 Å². The van der Waals surface area contributed by atoms with Crippen LogP contribution in [0, 0.1) is 0 Å². The highest BCUT2D eigenvalue weighted by atomic mass is 32.1. The van der Waals surface area contributed by atoms with E-state index in [1.165, 1.54) is 23.8 Å². The maximum Gasteiger partial charge on any atom is 0.0953 e. The van der Waals surface area contributed by atoms with Crippen molar-refractivity contribution in [1.82, 2.24) is 15.2 Å². The summed E-state index contributed by atoms with van der Waals surface area (Å²) >= 11 is 1.80. The number of hydrogen-bond acceptors (Lipinski definition) is 4. The zero-order chi connectivity index (χ0) is 12.3. The maximum atomic E-state index is 4.72. The van der Waals surface area contributed by atoms with Crippen LogP contribution < -0.4 is 5.32 Å². The number of piperazine rings is 1. The van der Waals surface area contributed by atoms with Crippen molar-refractivity contribution >= 4 is 11.3 Å². The fourth-order valence-electron chi connectivity index (χ4n) is 2.24. The summed E-state index contributed by atoms with van der Waals surface area (Å²) in [5, 5.41) is 6.90. The van der Waals surface area contributed by atoms with E-state index < -0.39 is 0 Å². The molecule has 0 radical (unpaired) electrons. The van der Waals surface area contributed by atoms with Gasteiger partial charge in [-0.2, -0.15) is 0 Å². The van der Waals surface area contributed by atoms with Crippen LogP contribution in [0.4, 0.5) is 0 Å². The Labute approximate surface area is 108 Å². The Morgan fingerprint density at radius 2 is 2.06 bits per heavy atom. The van der Waals surface area contributed by atoms with Crippen molar-refractivity contribution < 1.29 is 0 Å². The first-order valence-electron chi connectivity index (χ1n) is 6.56. The first kappa shape index (κ1) is 13.0. The fourth-order valence-corrected chi connectivity index (χ4v) is 3.08. The van der Waals surface area contributed by atoms with Gasteiger partial charge in [-0.05, 0) is 6.92 Å². The summed E-state index contributed by atoms with van der Waals surface area (Å²) in [5.74, 6) is 0.559. The molecule has 0 aromatic carbocycles. The lowest BCUT2D eigenvalue weighted by Gasteiger charge is -2.32. The van der Waals surface area contributed by atoms with E-state index in [4.69, 9.17) is 4.98 Å². The highest BCUT2D eigenvalue weighted by molar-refractivity contribution is 7.09. The molecular formula is C13H23N3S. The fraction of sp³-hybridized carbons (Fsp3) is 0.769. The lowest BCUT2D eigenvalue weighted by molar-refractivity contribution is 0.182. The van der Waals surface area contributed by atoms with Crippen LogP contribution >= 0.6 is 11.3 Å². The molecule has 1 aromatic heterocycles. The van der Waals surface area contributed by atoms with Gasteiger partial charge >= 0.3 is 0 Å². The van der Waals surface area contributed by atoms with Crippen molar-refractivity contribution in [3.05, 3.63) is 16.1 Å². The smallest absolute Gasteiger partial charge is 0.0953 e. The van der Waals surface area contributed by atoms with Crippen molar-refractivity contribution in [3.63, 3.8) is 0 Å². The first-order chi connectivity index (χ1) is 8.16. The molecule has 0 amide bonds. The van der Waals surface area contributed by atoms with Gasteiger partial charge in [0.05, 0.1) is 10.7 Å². The summed E-state index contributed by atoms with van der Waals surface area (Å²) in [6.45, 7) is 11.3. The zero-order valence-corrected chi connectivity index (χ0v) is 11.9. The van der Waals surface area contributed by atoms with Crippen LogP contribution in [0.3, 0.4) is 0 Å². The first-order valence-corrected chi connectivity index (χ1v) is 7.44. The lowest BCUT2D eigenvalue weighted by Crippen LogP contribution is -2.48. The minimum atomic E-state index is 0.559. The van der Waals surface area contributed by atoms with Gasteiger partial charge in [0.15, 0.2) is 0 Å². The number of hydrogen-bond donors (Lipinski definition) is 1. The van der Waals surface area contributed by atoms with Crippen molar-refractivity contribution in [2.75, 3.05) is 26.2 Å². The SMILES string of the molecule is CC(C)c1nc(CC(C)N2CCNCC2)cs1. The molecule has 0 bridgehead atoms. The van der Waals surface area contributed by atoms with Crippen LogP contribution in [0.1, 0.15) is 37.4 Å². The van der Waals surface area contributed by atoms with E-state index in [9.17, 15) is 0 Å². The minimum absolute atomic E-state index is 0.559. The van der Waals surface area contributed by atoms with Crippen molar-refractivity contribution in [2.24, 2.45) is 0 Å². The predicted molar refractivity (Wildman–Crippen MR) is 73.8 cm³/mol. The maximum absolute atomic E-state index is 4.72. The van der Waals surface area contributed by atoms with Gasteiger partial charge in [-0.1, -0.05) is 13.8 Å². The average Bonchev–Trinajstić information content (AvgIpc) is 2.79. The molecule has 0 spiro atoms. The highest BCUT2D eigenvalue weighted by Crippen LogP contribution is 2.20. The Balaban J connectivity index is 1.90. The Kier molecular flexibility index (Phi) is 4.54. The van der Waals surface area contributed by atoms with E-state index in [1.54, 1.807) is 11.3 Å². The third-order valence-electron chi connectivity index (χ3n) is 3.34. The summed E-state index contributed by atoms with van der Waals surface area (Å²) in [7, 11) is 0.